The number of aromatic amines is 1. The number of anilines is 2. The average Bonchev–Trinajstić information content (AvgIpc) is 4.12. The predicted molar refractivity (Wildman–Crippen MR) is 279 cm³/mol. The summed E-state index contributed by atoms with van der Waals surface area (Å²) in [5, 5.41) is 64.4. The maximum Gasteiger partial charge on any atom is 0.364 e. The van der Waals surface area contributed by atoms with Crippen LogP contribution in [0.4, 0.5) is 11.4 Å². The van der Waals surface area contributed by atoms with Gasteiger partial charge in [-0.3, -0.25) is 19.2 Å². The predicted octanol–water partition coefficient (Wildman–Crippen LogP) is 3.82. The van der Waals surface area contributed by atoms with Crippen LogP contribution in [0.5, 0.6) is 23.0 Å². The lowest BCUT2D eigenvalue weighted by Crippen LogP contribution is -2.65. The topological polar surface area (TPSA) is 363 Å². The van der Waals surface area contributed by atoms with Crippen molar-refractivity contribution in [2.75, 3.05) is 17.7 Å². The number of aliphatic hydroxyl groups excluding tert-OH is 2. The molecule has 9 N–H and O–H groups in total. The van der Waals surface area contributed by atoms with E-state index in [4.69, 9.17) is 42.0 Å². The van der Waals surface area contributed by atoms with Crippen molar-refractivity contribution in [2.24, 2.45) is 5.92 Å². The maximum absolute atomic E-state index is 13.7. The van der Waals surface area contributed by atoms with Crippen molar-refractivity contribution in [1.29, 1.82) is 0 Å². The molecule has 4 aliphatic rings. The van der Waals surface area contributed by atoms with Gasteiger partial charge in [-0.1, -0.05) is 13.0 Å². The lowest BCUT2D eigenvalue weighted by Gasteiger charge is -2.47. The second kappa shape index (κ2) is 21.3. The number of allylic oxidation sites excluding steroid dienone is 3. The van der Waals surface area contributed by atoms with E-state index >= 15 is 0 Å². The number of ether oxygens (including phenoxy) is 7. The first-order valence-corrected chi connectivity index (χ1v) is 25.4. The Morgan fingerprint density at radius 1 is 0.725 bits per heavy atom. The summed E-state index contributed by atoms with van der Waals surface area (Å²) in [6.07, 6.45) is -4.87. The minimum Gasteiger partial charge on any atom is -0.505 e. The van der Waals surface area contributed by atoms with Gasteiger partial charge in [0.15, 0.2) is 52.8 Å². The molecule has 11 atom stereocenters. The van der Waals surface area contributed by atoms with Crippen molar-refractivity contribution in [3.05, 3.63) is 103 Å². The highest BCUT2D eigenvalue weighted by Crippen LogP contribution is 2.42. The molecule has 2 aromatic carbocycles. The molecule has 426 valence electrons. The molecule has 25 heteroatoms. The molecule has 6 heterocycles. The van der Waals surface area contributed by atoms with Crippen LogP contribution in [0.3, 0.4) is 0 Å². The number of amides is 2. The van der Waals surface area contributed by atoms with Gasteiger partial charge in [-0.15, -0.1) is 0 Å². The van der Waals surface area contributed by atoms with Gasteiger partial charge in [0.05, 0.1) is 21.9 Å². The number of aromatic hydroxyl groups is 2. The molecular formula is C55H60N4O21. The van der Waals surface area contributed by atoms with E-state index in [1.54, 1.807) is 20.8 Å². The van der Waals surface area contributed by atoms with Crippen LogP contribution in [0.25, 0.3) is 21.9 Å². The van der Waals surface area contributed by atoms with E-state index in [0.29, 0.717) is 12.0 Å². The number of hydrogen-bond acceptors (Lipinski definition) is 22. The van der Waals surface area contributed by atoms with E-state index in [2.05, 4.69) is 20.9 Å². The highest BCUT2D eigenvalue weighted by molar-refractivity contribution is 6.26. The van der Waals surface area contributed by atoms with Crippen LogP contribution in [0.1, 0.15) is 91.9 Å². The number of benzene rings is 2. The number of methoxy groups -OCH3 is 1. The number of aliphatic hydroxyl groups is 3. The fourth-order valence-electron chi connectivity index (χ4n) is 10.3. The zero-order chi connectivity index (χ0) is 58.2. The zero-order valence-corrected chi connectivity index (χ0v) is 45.0. The number of hydrogen-bond donors (Lipinski definition) is 9. The first-order valence-electron chi connectivity index (χ1n) is 25.4. The summed E-state index contributed by atoms with van der Waals surface area (Å²) < 4.78 is 51.9. The summed E-state index contributed by atoms with van der Waals surface area (Å²) in [6.45, 7) is 13.9. The molecule has 0 saturated carbocycles. The molecule has 2 amide bonds. The molecular weight excluding hydrogens is 1050 g/mol. The molecule has 3 unspecified atom stereocenters. The summed E-state index contributed by atoms with van der Waals surface area (Å²) in [4.78, 5) is 95.7. The number of nitrogens with one attached hydrogen (secondary N) is 4. The molecule has 0 radical (unpaired) electrons. The summed E-state index contributed by atoms with van der Waals surface area (Å²) >= 11 is 0. The SMILES string of the molecule is CO[C@H]1[C@@H](OC(=O)C2=CC=C(C)C2=O)[C@@H](O)[C@@H](Oc2ccc3c(O)c(NC(=O)c4[nH]cc(C(=O)Nc5c(O)c6ccc(O[C@H]7OC(C)(O)[C@@H](C)[C@@H](OC(=O)C8CCC(C)N8)[C@H]7O)c(C)c6oc5=O)c4C)c(=O)oc3c2C)OC1(C)C. The molecule has 0 bridgehead atoms. The number of Topliss-reactive ketones (excluding diaryl/α,β-unsaturated/α-hetero) is 1. The highest BCUT2D eigenvalue weighted by Gasteiger charge is 2.55. The van der Waals surface area contributed by atoms with Crippen molar-refractivity contribution in [2.45, 2.75) is 142 Å². The largest absolute Gasteiger partial charge is 0.505 e. The quantitative estimate of drug-likeness (QED) is 0.0459. The average molecular weight is 1110 g/mol. The van der Waals surface area contributed by atoms with E-state index in [-0.39, 0.29) is 73.0 Å². The maximum atomic E-state index is 13.7. The van der Waals surface area contributed by atoms with Crippen molar-refractivity contribution in [3.63, 3.8) is 0 Å². The Bertz CT molecular complexity index is 3570. The molecule has 3 aromatic heterocycles. The van der Waals surface area contributed by atoms with Gasteiger partial charge < -0.3 is 88.5 Å². The number of rotatable bonds is 13. The Kier molecular flexibility index (Phi) is 15.1. The molecule has 3 saturated heterocycles. The number of carbonyl (C=O) groups is 5. The number of aryl methyl sites for hydroxylation is 2. The monoisotopic (exact) mass is 1110 g/mol. The van der Waals surface area contributed by atoms with Gasteiger partial charge in [-0.05, 0) is 110 Å². The van der Waals surface area contributed by atoms with Gasteiger partial charge in [-0.2, -0.15) is 0 Å². The molecule has 80 heavy (non-hydrogen) atoms. The normalized spacial score (nSPS) is 27.3. The van der Waals surface area contributed by atoms with E-state index in [9.17, 15) is 59.1 Å². The third kappa shape index (κ3) is 10.2. The number of esters is 2. The lowest BCUT2D eigenvalue weighted by atomic mass is 9.88. The molecule has 25 nitrogen and oxygen atoms in total. The summed E-state index contributed by atoms with van der Waals surface area (Å²) in [6, 6.07) is 4.82. The molecule has 5 aromatic rings. The fourth-order valence-corrected chi connectivity index (χ4v) is 10.3. The molecule has 9 rings (SSSR count). The smallest absolute Gasteiger partial charge is 0.364 e. The second-order valence-electron chi connectivity index (χ2n) is 21.0. The van der Waals surface area contributed by atoms with Crippen molar-refractivity contribution >= 4 is 62.8 Å². The molecule has 3 fully saturated rings. The third-order valence-electron chi connectivity index (χ3n) is 15.1. The van der Waals surface area contributed by atoms with Crippen molar-refractivity contribution in [1.82, 2.24) is 10.3 Å². The summed E-state index contributed by atoms with van der Waals surface area (Å²) in [7, 11) is 1.33. The Morgan fingerprint density at radius 3 is 1.80 bits per heavy atom. The Hall–Kier alpha value is -7.91. The van der Waals surface area contributed by atoms with E-state index < -0.39 is 130 Å². The van der Waals surface area contributed by atoms with Gasteiger partial charge in [0.1, 0.15) is 52.2 Å². The second-order valence-corrected chi connectivity index (χ2v) is 21.0. The Labute approximate surface area is 454 Å². The van der Waals surface area contributed by atoms with Crippen LogP contribution in [0, 0.1) is 26.7 Å². The van der Waals surface area contributed by atoms with Crippen LogP contribution >= 0.6 is 0 Å². The minimum absolute atomic E-state index is 0.00388. The number of fused-ring (bicyclic) bond motifs is 2. The van der Waals surface area contributed by atoms with Crippen molar-refractivity contribution in [3.8, 4) is 23.0 Å². The van der Waals surface area contributed by atoms with Gasteiger partial charge in [-0.25, -0.2) is 14.4 Å². The first kappa shape index (κ1) is 56.8. The number of ketones is 1. The summed E-state index contributed by atoms with van der Waals surface area (Å²) in [5.74, 6) is -8.36. The Balaban J connectivity index is 0.882. The van der Waals surface area contributed by atoms with Gasteiger partial charge in [0.2, 0.25) is 12.6 Å². The van der Waals surface area contributed by atoms with E-state index in [0.717, 1.165) is 12.6 Å². The standard InChI is InChI=1S/C55H60N4O21/c1-20-11-13-28(36(20)60)48(67)78-44-40(64)52(79-54(7,8)45(44)72-10)73-31-17-14-27-38(62)35(51(70)76-41(27)23(31)4)59-47(66)33-22(3)29(19-56-33)46(65)58-34-37(61)26-15-18-32(24(5)42(26)75-50(34)69)74-53-39(63)43(25(6)55(9,71)80-53)77-49(68)30-16-12-21(2)57-30/h11,13-15,17-19,21,25,30,39-40,43-45,52-53,56-57,61-64,71H,12,16H2,1-10H3,(H,58,65)(H,59,66)/t21?,25-,30?,39+,40+,43+,44-,45-,52-,53-,55?/m0/s1. The van der Waals surface area contributed by atoms with Crippen LogP contribution in [-0.4, -0.2) is 134 Å². The van der Waals surface area contributed by atoms with Crippen LogP contribution < -0.4 is 36.7 Å². The first-order chi connectivity index (χ1) is 37.6. The lowest BCUT2D eigenvalue weighted by molar-refractivity contribution is -0.356. The highest BCUT2D eigenvalue weighted by atomic mass is 16.8. The van der Waals surface area contributed by atoms with Gasteiger partial charge >= 0.3 is 23.2 Å². The minimum atomic E-state index is -1.93. The zero-order valence-electron chi connectivity index (χ0n) is 45.0. The number of H-pyrrole nitrogens is 1. The van der Waals surface area contributed by atoms with E-state index in [1.165, 1.54) is 78.1 Å². The van der Waals surface area contributed by atoms with Gasteiger partial charge in [0, 0.05) is 36.4 Å². The molecule has 0 spiro atoms. The van der Waals surface area contributed by atoms with E-state index in [1.807, 2.05) is 6.92 Å². The number of carbonyl (C=O) groups excluding carboxylic acids is 5. The third-order valence-corrected chi connectivity index (χ3v) is 15.1. The van der Waals surface area contributed by atoms with Gasteiger partial charge in [0.25, 0.3) is 11.8 Å². The molecule has 1 aliphatic carbocycles. The fraction of sp³-hybridized carbons (Fsp3) is 0.436. The van der Waals surface area contributed by atoms with Crippen LogP contribution in [0.2, 0.25) is 0 Å². The molecule has 3 aliphatic heterocycles. The Morgan fingerprint density at radius 2 is 1.27 bits per heavy atom. The van der Waals surface area contributed by atoms with Crippen LogP contribution in [-0.2, 0) is 38.1 Å². The van der Waals surface area contributed by atoms with Crippen molar-refractivity contribution < 1.29 is 91.5 Å². The number of aromatic nitrogens is 1. The van der Waals surface area contributed by atoms with Crippen LogP contribution in [0.15, 0.2) is 72.2 Å². The summed E-state index contributed by atoms with van der Waals surface area (Å²) in [5.41, 5.74) is -5.43.